The van der Waals surface area contributed by atoms with E-state index in [2.05, 4.69) is 5.32 Å². The molecular formula is C14H19NO4. The van der Waals surface area contributed by atoms with Gasteiger partial charge in [0.15, 0.2) is 0 Å². The molecule has 1 unspecified atom stereocenters. The Labute approximate surface area is 112 Å². The Kier molecular flexibility index (Phi) is 5.85. The van der Waals surface area contributed by atoms with Gasteiger partial charge in [0, 0.05) is 5.56 Å². The minimum Gasteiger partial charge on any atom is -0.496 e. The molecule has 1 aromatic rings. The Morgan fingerprint density at radius 1 is 1.32 bits per heavy atom. The summed E-state index contributed by atoms with van der Waals surface area (Å²) in [6.45, 7) is 3.62. The van der Waals surface area contributed by atoms with Crippen molar-refractivity contribution in [3.63, 3.8) is 0 Å². The molecule has 0 radical (unpaired) electrons. The number of hydrogen-bond acceptors (Lipinski definition) is 4. The van der Waals surface area contributed by atoms with Gasteiger partial charge in [-0.3, -0.25) is 4.79 Å². The van der Waals surface area contributed by atoms with Crippen molar-refractivity contribution in [2.75, 3.05) is 13.7 Å². The van der Waals surface area contributed by atoms with Crippen molar-refractivity contribution >= 4 is 11.9 Å². The molecule has 1 atom stereocenters. The molecule has 0 fully saturated rings. The van der Waals surface area contributed by atoms with E-state index in [0.29, 0.717) is 12.4 Å². The maximum absolute atomic E-state index is 11.8. The van der Waals surface area contributed by atoms with Gasteiger partial charge in [0.25, 0.3) is 0 Å². The molecule has 1 rings (SSSR count). The lowest BCUT2D eigenvalue weighted by atomic mass is 10.1. The van der Waals surface area contributed by atoms with Crippen molar-refractivity contribution in [2.45, 2.75) is 26.3 Å². The number of ether oxygens (including phenoxy) is 2. The molecule has 19 heavy (non-hydrogen) atoms. The Morgan fingerprint density at radius 2 is 2.00 bits per heavy atom. The fourth-order valence-electron chi connectivity index (χ4n) is 1.64. The van der Waals surface area contributed by atoms with Crippen molar-refractivity contribution in [2.24, 2.45) is 0 Å². The van der Waals surface area contributed by atoms with E-state index in [1.807, 2.05) is 18.2 Å². The Balaban J connectivity index is 2.58. The van der Waals surface area contributed by atoms with Gasteiger partial charge in [0.05, 0.1) is 20.1 Å². The van der Waals surface area contributed by atoms with Crippen LogP contribution in [0.25, 0.3) is 0 Å². The molecule has 104 valence electrons. The molecule has 5 nitrogen and oxygen atoms in total. The van der Waals surface area contributed by atoms with Crippen LogP contribution in [-0.2, 0) is 20.7 Å². The first kappa shape index (κ1) is 15.0. The molecule has 5 heteroatoms. The highest BCUT2D eigenvalue weighted by molar-refractivity contribution is 5.85. The number of amides is 1. The minimum atomic E-state index is -0.651. The fraction of sp³-hybridized carbons (Fsp3) is 0.429. The van der Waals surface area contributed by atoms with E-state index in [9.17, 15) is 9.59 Å². The molecule has 0 aliphatic heterocycles. The van der Waals surface area contributed by atoms with Gasteiger partial charge in [0.2, 0.25) is 5.91 Å². The number of rotatable bonds is 6. The van der Waals surface area contributed by atoms with Crippen LogP contribution in [-0.4, -0.2) is 31.6 Å². The third-order valence-electron chi connectivity index (χ3n) is 2.56. The number of para-hydroxylation sites is 1. The van der Waals surface area contributed by atoms with E-state index < -0.39 is 12.0 Å². The van der Waals surface area contributed by atoms with Crippen LogP contribution < -0.4 is 10.1 Å². The Bertz CT molecular complexity index is 445. The highest BCUT2D eigenvalue weighted by Gasteiger charge is 2.17. The largest absolute Gasteiger partial charge is 0.496 e. The number of nitrogens with one attached hydrogen (secondary N) is 1. The fourth-order valence-corrected chi connectivity index (χ4v) is 1.64. The number of methoxy groups -OCH3 is 1. The standard InChI is InChI=1S/C14H19NO4/c1-4-19-14(17)10(2)15-13(16)9-11-7-5-6-8-12(11)18-3/h5-8,10H,4,9H2,1-3H3,(H,15,16). The van der Waals surface area contributed by atoms with Gasteiger partial charge in [0.1, 0.15) is 11.8 Å². The van der Waals surface area contributed by atoms with Crippen molar-refractivity contribution in [1.82, 2.24) is 5.32 Å². The third-order valence-corrected chi connectivity index (χ3v) is 2.56. The summed E-state index contributed by atoms with van der Waals surface area (Å²) in [5, 5.41) is 2.60. The predicted molar refractivity (Wildman–Crippen MR) is 70.9 cm³/mol. The van der Waals surface area contributed by atoms with Crippen LogP contribution >= 0.6 is 0 Å². The molecule has 0 spiro atoms. The Morgan fingerprint density at radius 3 is 2.63 bits per heavy atom. The second-order valence-electron chi connectivity index (χ2n) is 4.03. The van der Waals surface area contributed by atoms with E-state index in [0.717, 1.165) is 5.56 Å². The molecule has 1 aromatic carbocycles. The first-order chi connectivity index (χ1) is 9.08. The lowest BCUT2D eigenvalue weighted by molar-refractivity contribution is -0.146. The van der Waals surface area contributed by atoms with Gasteiger partial charge < -0.3 is 14.8 Å². The normalized spacial score (nSPS) is 11.5. The molecule has 1 amide bonds. The summed E-state index contributed by atoms with van der Waals surface area (Å²) in [5.74, 6) is -0.0256. The summed E-state index contributed by atoms with van der Waals surface area (Å²) in [6.07, 6.45) is 0.160. The third kappa shape index (κ3) is 4.62. The number of benzene rings is 1. The first-order valence-electron chi connectivity index (χ1n) is 6.16. The van der Waals surface area contributed by atoms with Crippen LogP contribution in [0.5, 0.6) is 5.75 Å². The van der Waals surface area contributed by atoms with Crippen molar-refractivity contribution < 1.29 is 19.1 Å². The quantitative estimate of drug-likeness (QED) is 0.788. The van der Waals surface area contributed by atoms with Crippen LogP contribution in [0.2, 0.25) is 0 Å². The number of carbonyl (C=O) groups is 2. The van der Waals surface area contributed by atoms with E-state index in [4.69, 9.17) is 9.47 Å². The van der Waals surface area contributed by atoms with Crippen LogP contribution in [0.1, 0.15) is 19.4 Å². The SMILES string of the molecule is CCOC(=O)C(C)NC(=O)Cc1ccccc1OC. The lowest BCUT2D eigenvalue weighted by Gasteiger charge is -2.13. The predicted octanol–water partition coefficient (Wildman–Crippen LogP) is 1.31. The molecule has 0 saturated heterocycles. The smallest absolute Gasteiger partial charge is 0.328 e. The minimum absolute atomic E-state index is 0.160. The molecule has 0 aliphatic rings. The zero-order valence-corrected chi connectivity index (χ0v) is 11.4. The van der Waals surface area contributed by atoms with E-state index in [-0.39, 0.29) is 12.3 Å². The van der Waals surface area contributed by atoms with Crippen molar-refractivity contribution in [1.29, 1.82) is 0 Å². The zero-order chi connectivity index (χ0) is 14.3. The maximum atomic E-state index is 11.8. The summed E-state index contributed by atoms with van der Waals surface area (Å²) >= 11 is 0. The highest BCUT2D eigenvalue weighted by atomic mass is 16.5. The number of esters is 1. The number of hydrogen-bond donors (Lipinski definition) is 1. The Hall–Kier alpha value is -2.04. The van der Waals surface area contributed by atoms with E-state index in [1.165, 1.54) is 0 Å². The lowest BCUT2D eigenvalue weighted by Crippen LogP contribution is -2.40. The summed E-state index contributed by atoms with van der Waals surface area (Å²) in [5.41, 5.74) is 0.776. The molecule has 0 aromatic heterocycles. The van der Waals surface area contributed by atoms with Gasteiger partial charge in [-0.15, -0.1) is 0 Å². The molecular weight excluding hydrogens is 246 g/mol. The van der Waals surface area contributed by atoms with Crippen LogP contribution in [0.3, 0.4) is 0 Å². The first-order valence-corrected chi connectivity index (χ1v) is 6.16. The zero-order valence-electron chi connectivity index (χ0n) is 11.4. The van der Waals surface area contributed by atoms with Gasteiger partial charge in [-0.1, -0.05) is 18.2 Å². The monoisotopic (exact) mass is 265 g/mol. The van der Waals surface area contributed by atoms with Crippen LogP contribution in [0.15, 0.2) is 24.3 Å². The summed E-state index contributed by atoms with van der Waals surface area (Å²) < 4.78 is 9.99. The molecule has 0 bridgehead atoms. The highest BCUT2D eigenvalue weighted by Crippen LogP contribution is 2.17. The second-order valence-corrected chi connectivity index (χ2v) is 4.03. The topological polar surface area (TPSA) is 64.6 Å². The van der Waals surface area contributed by atoms with Crippen molar-refractivity contribution in [3.8, 4) is 5.75 Å². The van der Waals surface area contributed by atoms with Gasteiger partial charge in [-0.25, -0.2) is 4.79 Å². The van der Waals surface area contributed by atoms with Gasteiger partial charge in [-0.2, -0.15) is 0 Å². The molecule has 1 N–H and O–H groups in total. The molecule has 0 saturated carbocycles. The maximum Gasteiger partial charge on any atom is 0.328 e. The summed E-state index contributed by atoms with van der Waals surface area (Å²) in [6, 6.07) is 6.62. The van der Waals surface area contributed by atoms with Gasteiger partial charge >= 0.3 is 5.97 Å². The summed E-state index contributed by atoms with van der Waals surface area (Å²) in [7, 11) is 1.55. The second kappa shape index (κ2) is 7.41. The number of carbonyl (C=O) groups excluding carboxylic acids is 2. The van der Waals surface area contributed by atoms with Crippen LogP contribution in [0, 0.1) is 0 Å². The van der Waals surface area contributed by atoms with Crippen molar-refractivity contribution in [3.05, 3.63) is 29.8 Å². The average molecular weight is 265 g/mol. The summed E-state index contributed by atoms with van der Waals surface area (Å²) in [4.78, 5) is 23.2. The van der Waals surface area contributed by atoms with Crippen LogP contribution in [0.4, 0.5) is 0 Å². The van der Waals surface area contributed by atoms with E-state index in [1.54, 1.807) is 27.0 Å². The van der Waals surface area contributed by atoms with E-state index >= 15 is 0 Å². The average Bonchev–Trinajstić information content (AvgIpc) is 2.39. The van der Waals surface area contributed by atoms with Gasteiger partial charge in [-0.05, 0) is 19.9 Å². The molecule has 0 aliphatic carbocycles. The molecule has 0 heterocycles.